The molecule has 0 spiro atoms. The maximum Gasteiger partial charge on any atom is 0.422 e. The number of rotatable bonds is 3. The number of ether oxygens (including phenoxy) is 1. The van der Waals surface area contributed by atoms with E-state index in [1.54, 1.807) is 0 Å². The third kappa shape index (κ3) is 2.56. The normalized spacial score (nSPS) is 17.8. The quantitative estimate of drug-likeness (QED) is 0.807. The summed E-state index contributed by atoms with van der Waals surface area (Å²) in [6, 6.07) is 0. The molecular weight excluding hydrogens is 231 g/mol. The first-order valence-electron chi connectivity index (χ1n) is 4.40. The van der Waals surface area contributed by atoms with Gasteiger partial charge in [-0.05, 0) is 12.8 Å². The van der Waals surface area contributed by atoms with Gasteiger partial charge in [-0.1, -0.05) is 0 Å². The number of carbonyl (C=O) groups excluding carboxylic acids is 1. The van der Waals surface area contributed by atoms with Crippen molar-refractivity contribution in [1.82, 2.24) is 4.90 Å². The molecule has 1 fully saturated rings. The smallest absolute Gasteiger partial charge is 0.422 e. The Hall–Kier alpha value is -1.47. The Morgan fingerprint density at radius 3 is 2.25 bits per heavy atom. The number of carbonyl (C=O) groups is 2. The Kier molecular flexibility index (Phi) is 3.02. The zero-order valence-corrected chi connectivity index (χ0v) is 8.37. The van der Waals surface area contributed by atoms with Crippen LogP contribution in [0.2, 0.25) is 0 Å². The second-order valence-electron chi connectivity index (χ2n) is 3.57. The molecule has 0 saturated heterocycles. The fourth-order valence-corrected chi connectivity index (χ4v) is 1.23. The molecular formula is C8H10F3NO4. The van der Waals surface area contributed by atoms with Crippen LogP contribution >= 0.6 is 0 Å². The maximum atomic E-state index is 11.7. The largest absolute Gasteiger partial charge is 0.479 e. The van der Waals surface area contributed by atoms with Crippen LogP contribution in [0, 0.1) is 0 Å². The minimum atomic E-state index is -4.61. The van der Waals surface area contributed by atoms with E-state index in [1.165, 1.54) is 0 Å². The molecule has 8 heteroatoms. The van der Waals surface area contributed by atoms with Crippen molar-refractivity contribution in [2.24, 2.45) is 0 Å². The molecule has 1 N–H and O–H groups in total. The minimum Gasteiger partial charge on any atom is -0.479 e. The lowest BCUT2D eigenvalue weighted by molar-refractivity contribution is -0.163. The summed E-state index contributed by atoms with van der Waals surface area (Å²) in [5.41, 5.74) is -1.39. The molecule has 0 unspecified atom stereocenters. The summed E-state index contributed by atoms with van der Waals surface area (Å²) in [6.07, 6.45) is -5.45. The summed E-state index contributed by atoms with van der Waals surface area (Å²) < 4.78 is 39.2. The van der Waals surface area contributed by atoms with Crippen LogP contribution in [0.1, 0.15) is 12.8 Å². The van der Waals surface area contributed by atoms with Crippen LogP contribution < -0.4 is 0 Å². The van der Waals surface area contributed by atoms with Crippen LogP contribution in [-0.2, 0) is 9.53 Å². The van der Waals surface area contributed by atoms with E-state index >= 15 is 0 Å². The fourth-order valence-electron chi connectivity index (χ4n) is 1.23. The van der Waals surface area contributed by atoms with E-state index in [2.05, 4.69) is 4.74 Å². The van der Waals surface area contributed by atoms with Gasteiger partial charge in [-0.2, -0.15) is 13.2 Å². The molecule has 0 aromatic heterocycles. The number of carboxylic acid groups (broad SMARTS) is 1. The van der Waals surface area contributed by atoms with E-state index in [0.29, 0.717) is 4.90 Å². The molecule has 1 aliphatic carbocycles. The second kappa shape index (κ2) is 3.84. The van der Waals surface area contributed by atoms with Gasteiger partial charge < -0.3 is 9.84 Å². The minimum absolute atomic E-state index is 0.222. The molecule has 16 heavy (non-hydrogen) atoms. The van der Waals surface area contributed by atoms with Crippen LogP contribution in [0.3, 0.4) is 0 Å². The van der Waals surface area contributed by atoms with Crippen molar-refractivity contribution in [3.8, 4) is 0 Å². The summed E-state index contributed by atoms with van der Waals surface area (Å²) in [5.74, 6) is -1.24. The van der Waals surface area contributed by atoms with Gasteiger partial charge in [-0.3, -0.25) is 4.90 Å². The van der Waals surface area contributed by atoms with Gasteiger partial charge in [0.2, 0.25) is 0 Å². The van der Waals surface area contributed by atoms with E-state index in [-0.39, 0.29) is 12.8 Å². The number of amides is 1. The van der Waals surface area contributed by atoms with Crippen molar-refractivity contribution in [3.63, 3.8) is 0 Å². The van der Waals surface area contributed by atoms with Gasteiger partial charge in [0.15, 0.2) is 6.61 Å². The van der Waals surface area contributed by atoms with E-state index in [0.717, 1.165) is 7.05 Å². The lowest BCUT2D eigenvalue weighted by atomic mass is 10.2. The fraction of sp³-hybridized carbons (Fsp3) is 0.750. The van der Waals surface area contributed by atoms with E-state index in [1.807, 2.05) is 0 Å². The van der Waals surface area contributed by atoms with Gasteiger partial charge in [0, 0.05) is 7.05 Å². The van der Waals surface area contributed by atoms with Crippen molar-refractivity contribution in [3.05, 3.63) is 0 Å². The van der Waals surface area contributed by atoms with Crippen LogP contribution in [0.5, 0.6) is 0 Å². The average Bonchev–Trinajstić information content (AvgIpc) is 2.92. The number of hydrogen-bond donors (Lipinski definition) is 1. The average molecular weight is 241 g/mol. The molecule has 5 nitrogen and oxygen atoms in total. The van der Waals surface area contributed by atoms with Gasteiger partial charge in [0.1, 0.15) is 5.54 Å². The molecule has 0 aromatic rings. The number of nitrogens with zero attached hydrogens (tertiary/aromatic N) is 1. The van der Waals surface area contributed by atoms with Crippen LogP contribution in [0.15, 0.2) is 0 Å². The molecule has 0 heterocycles. The first-order valence-corrected chi connectivity index (χ1v) is 4.40. The van der Waals surface area contributed by atoms with E-state index in [9.17, 15) is 22.8 Å². The van der Waals surface area contributed by atoms with Crippen LogP contribution in [0.4, 0.5) is 18.0 Å². The number of likely N-dealkylation sites (N-methyl/N-ethyl adjacent to an activating group) is 1. The SMILES string of the molecule is CN(C(=O)OCC(F)(F)F)C1(C(=O)O)CC1. The molecule has 0 atom stereocenters. The molecule has 92 valence electrons. The van der Waals surface area contributed by atoms with Gasteiger partial charge in [-0.25, -0.2) is 9.59 Å². The zero-order chi connectivity index (χ0) is 12.6. The van der Waals surface area contributed by atoms with Crippen molar-refractivity contribution >= 4 is 12.1 Å². The lowest BCUT2D eigenvalue weighted by Crippen LogP contribution is -2.45. The predicted octanol–water partition coefficient (Wildman–Crippen LogP) is 1.23. The van der Waals surface area contributed by atoms with Crippen LogP contribution in [0.25, 0.3) is 0 Å². The number of hydrogen-bond acceptors (Lipinski definition) is 3. The molecule has 1 amide bonds. The standard InChI is InChI=1S/C8H10F3NO4/c1-12(7(2-3-7)5(13)14)6(15)16-4-8(9,10)11/h2-4H2,1H3,(H,13,14). The van der Waals surface area contributed by atoms with Gasteiger partial charge in [-0.15, -0.1) is 0 Å². The molecule has 0 aliphatic heterocycles. The highest BCUT2D eigenvalue weighted by atomic mass is 19.4. The van der Waals surface area contributed by atoms with Gasteiger partial charge in [0.05, 0.1) is 0 Å². The Balaban J connectivity index is 2.52. The van der Waals surface area contributed by atoms with Gasteiger partial charge >= 0.3 is 18.2 Å². The molecule has 0 aromatic carbocycles. The number of alkyl halides is 3. The first kappa shape index (κ1) is 12.6. The molecule has 1 aliphatic rings. The van der Waals surface area contributed by atoms with Crippen molar-refractivity contribution in [2.45, 2.75) is 24.6 Å². The molecule has 1 rings (SSSR count). The summed E-state index contributed by atoms with van der Waals surface area (Å²) in [5, 5.41) is 8.78. The van der Waals surface area contributed by atoms with Gasteiger partial charge in [0.25, 0.3) is 0 Å². The molecule has 0 bridgehead atoms. The third-order valence-corrected chi connectivity index (χ3v) is 2.40. The van der Waals surface area contributed by atoms with E-state index < -0.39 is 30.4 Å². The monoisotopic (exact) mass is 241 g/mol. The molecule has 1 saturated carbocycles. The Bertz CT molecular complexity index is 311. The predicted molar refractivity (Wildman–Crippen MR) is 44.8 cm³/mol. The zero-order valence-electron chi connectivity index (χ0n) is 8.37. The highest BCUT2D eigenvalue weighted by Gasteiger charge is 2.56. The summed E-state index contributed by atoms with van der Waals surface area (Å²) >= 11 is 0. The lowest BCUT2D eigenvalue weighted by Gasteiger charge is -2.23. The first-order chi connectivity index (χ1) is 7.19. The Morgan fingerprint density at radius 1 is 1.44 bits per heavy atom. The van der Waals surface area contributed by atoms with Crippen molar-refractivity contribution in [2.75, 3.05) is 13.7 Å². The summed E-state index contributed by atoms with van der Waals surface area (Å²) in [6.45, 7) is -1.72. The summed E-state index contributed by atoms with van der Waals surface area (Å²) in [4.78, 5) is 22.6. The highest BCUT2D eigenvalue weighted by Crippen LogP contribution is 2.41. The third-order valence-electron chi connectivity index (χ3n) is 2.40. The molecule has 0 radical (unpaired) electrons. The maximum absolute atomic E-state index is 11.7. The Labute approximate surface area is 88.8 Å². The summed E-state index contributed by atoms with van der Waals surface area (Å²) in [7, 11) is 1.11. The van der Waals surface area contributed by atoms with Crippen LogP contribution in [-0.4, -0.2) is 47.4 Å². The van der Waals surface area contributed by atoms with Crippen molar-refractivity contribution in [1.29, 1.82) is 0 Å². The second-order valence-corrected chi connectivity index (χ2v) is 3.57. The number of aliphatic carboxylic acids is 1. The number of carboxylic acids is 1. The highest BCUT2D eigenvalue weighted by molar-refractivity contribution is 5.87. The van der Waals surface area contributed by atoms with Crippen molar-refractivity contribution < 1.29 is 32.6 Å². The van der Waals surface area contributed by atoms with E-state index in [4.69, 9.17) is 5.11 Å². The topological polar surface area (TPSA) is 66.8 Å². The number of halogens is 3. The Morgan fingerprint density at radius 2 is 1.94 bits per heavy atom.